The van der Waals surface area contributed by atoms with Crippen LogP contribution in [0.1, 0.15) is 70.9 Å². The van der Waals surface area contributed by atoms with Gasteiger partial charge in [-0.1, -0.05) is 26.7 Å². The van der Waals surface area contributed by atoms with Gasteiger partial charge >= 0.3 is 12.4 Å². The number of aromatic nitrogens is 2. The molecule has 0 bridgehead atoms. The lowest BCUT2D eigenvalue weighted by atomic mass is 10.2. The lowest BCUT2D eigenvalue weighted by Gasteiger charge is -2.26. The lowest BCUT2D eigenvalue weighted by Crippen LogP contribution is -2.37. The number of nitrogens with one attached hydrogen (secondary N) is 2. The number of imide groups is 2. The van der Waals surface area contributed by atoms with Gasteiger partial charge in [-0.05, 0) is 69.2 Å². The predicted octanol–water partition coefficient (Wildman–Crippen LogP) is 6.35. The van der Waals surface area contributed by atoms with Crippen molar-refractivity contribution >= 4 is 46.9 Å². The van der Waals surface area contributed by atoms with Crippen molar-refractivity contribution in [1.82, 2.24) is 20.0 Å². The summed E-state index contributed by atoms with van der Waals surface area (Å²) in [6, 6.07) is 4.11. The fraction of sp³-hybridized carbons (Fsp3) is 0.486. The number of carbonyl (C=O) groups excluding carboxylic acids is 4. The molecule has 18 heteroatoms. The number of carbonyl (C=O) groups is 4. The molecule has 286 valence electrons. The molecule has 2 saturated heterocycles. The van der Waals surface area contributed by atoms with Crippen LogP contribution in [0.25, 0.3) is 0 Å². The van der Waals surface area contributed by atoms with E-state index in [-0.39, 0.29) is 34.4 Å². The highest BCUT2D eigenvalue weighted by Gasteiger charge is 2.48. The number of hydrogen-bond acceptors (Lipinski definition) is 10. The van der Waals surface area contributed by atoms with E-state index in [2.05, 4.69) is 20.8 Å². The molecule has 1 aliphatic carbocycles. The third-order valence-corrected chi connectivity index (χ3v) is 9.20. The number of halogens is 6. The van der Waals surface area contributed by atoms with Gasteiger partial charge < -0.3 is 9.80 Å². The number of hydrazine groups is 2. The first-order chi connectivity index (χ1) is 25.0. The molecule has 5 aliphatic rings. The second-order valence-electron chi connectivity index (χ2n) is 13.0. The zero-order valence-corrected chi connectivity index (χ0v) is 29.6. The van der Waals surface area contributed by atoms with Crippen LogP contribution in [0.3, 0.4) is 0 Å². The molecule has 4 aliphatic heterocycles. The lowest BCUT2D eigenvalue weighted by molar-refractivity contribution is -0.138. The van der Waals surface area contributed by atoms with E-state index >= 15 is 0 Å². The number of rotatable bonds is 6. The van der Waals surface area contributed by atoms with Gasteiger partial charge in [-0.2, -0.15) is 36.4 Å². The van der Waals surface area contributed by atoms with Crippen LogP contribution < -0.4 is 20.7 Å². The van der Waals surface area contributed by atoms with E-state index in [1.807, 2.05) is 13.8 Å². The fourth-order valence-corrected chi connectivity index (χ4v) is 6.42. The normalized spacial score (nSPS) is 21.3. The van der Waals surface area contributed by atoms with Crippen LogP contribution in [0.5, 0.6) is 0 Å². The van der Waals surface area contributed by atoms with Gasteiger partial charge in [0.2, 0.25) is 0 Å². The van der Waals surface area contributed by atoms with E-state index in [1.165, 1.54) is 13.8 Å². The molecule has 1 saturated carbocycles. The smallest absolute Gasteiger partial charge is 0.356 e. The molecule has 2 unspecified atom stereocenters. The maximum absolute atomic E-state index is 13.4. The maximum atomic E-state index is 13.4. The van der Waals surface area contributed by atoms with E-state index in [0.717, 1.165) is 78.5 Å². The fourth-order valence-electron chi connectivity index (χ4n) is 6.42. The van der Waals surface area contributed by atoms with Crippen LogP contribution in [0, 0.1) is 11.8 Å². The summed E-state index contributed by atoms with van der Waals surface area (Å²) in [5.41, 5.74) is 3.91. The second kappa shape index (κ2) is 15.4. The quantitative estimate of drug-likeness (QED) is 0.255. The highest BCUT2D eigenvalue weighted by atomic mass is 19.4. The third kappa shape index (κ3) is 8.73. The van der Waals surface area contributed by atoms with E-state index in [4.69, 9.17) is 0 Å². The molecular weight excluding hydrogens is 710 g/mol. The van der Waals surface area contributed by atoms with Gasteiger partial charge in [0, 0.05) is 49.5 Å². The van der Waals surface area contributed by atoms with Gasteiger partial charge in [0.25, 0.3) is 23.6 Å². The number of alkyl halides is 6. The number of piperidine rings is 1. The molecule has 2 atom stereocenters. The van der Waals surface area contributed by atoms with Crippen LogP contribution in [-0.4, -0.2) is 69.8 Å². The zero-order chi connectivity index (χ0) is 38.8. The van der Waals surface area contributed by atoms with Crippen molar-refractivity contribution in [2.45, 2.75) is 72.2 Å². The summed E-state index contributed by atoms with van der Waals surface area (Å²) < 4.78 is 80.1. The molecule has 0 aromatic carbocycles. The van der Waals surface area contributed by atoms with Gasteiger partial charge in [-0.15, -0.1) is 0 Å². The van der Waals surface area contributed by atoms with Crippen molar-refractivity contribution in [1.29, 1.82) is 0 Å². The zero-order valence-electron chi connectivity index (χ0n) is 29.6. The topological polar surface area (TPSA) is 131 Å². The Labute approximate surface area is 301 Å². The Morgan fingerprint density at radius 2 is 1.02 bits per heavy atom. The first-order valence-electron chi connectivity index (χ1n) is 17.3. The molecule has 7 rings (SSSR count). The minimum absolute atomic E-state index is 0.0158. The summed E-state index contributed by atoms with van der Waals surface area (Å²) >= 11 is 0. The standard InChI is InChI=1S/C17H19F3N4O2.C16H15F3N4O2.C2H6/c1-11-10-14(25)24(16(11)26)22-13-7-6-12(17(18,19)20)15(21-13)23-8-4-2-3-5-9-23;1-8-4-13(24)23(15(8)25)21-12-3-2-11(16(17,18)19)14(20-12)22-6-9-5-10(9)7-22;1-2/h6-7,10H,2-5,8-9H2,1H3,(H,21,22);2-4,9-10H,5-7H2,1H3,(H,20,21);1-2H3. The van der Waals surface area contributed by atoms with E-state index in [0.29, 0.717) is 38.0 Å². The van der Waals surface area contributed by atoms with Crippen LogP contribution in [0.4, 0.5) is 49.6 Å². The number of fused-ring (bicyclic) bond motifs is 1. The van der Waals surface area contributed by atoms with Crippen molar-refractivity contribution in [3.8, 4) is 0 Å². The Kier molecular flexibility index (Phi) is 11.4. The minimum Gasteiger partial charge on any atom is -0.356 e. The Balaban J connectivity index is 0.000000195. The molecule has 4 amide bonds. The van der Waals surface area contributed by atoms with Crippen LogP contribution >= 0.6 is 0 Å². The van der Waals surface area contributed by atoms with Crippen molar-refractivity contribution < 1.29 is 45.5 Å². The molecule has 2 aromatic rings. The first kappa shape index (κ1) is 39.1. The highest BCUT2D eigenvalue weighted by Crippen LogP contribution is 2.48. The van der Waals surface area contributed by atoms with E-state index in [1.54, 1.807) is 9.80 Å². The Morgan fingerprint density at radius 1 is 0.623 bits per heavy atom. The average molecular weight is 751 g/mol. The van der Waals surface area contributed by atoms with Crippen LogP contribution in [0.2, 0.25) is 0 Å². The van der Waals surface area contributed by atoms with Crippen LogP contribution in [0.15, 0.2) is 47.6 Å². The van der Waals surface area contributed by atoms with Gasteiger partial charge in [-0.3, -0.25) is 30.0 Å². The summed E-state index contributed by atoms with van der Waals surface area (Å²) in [6.07, 6.45) is -2.16. The Morgan fingerprint density at radius 3 is 1.38 bits per heavy atom. The molecule has 2 aromatic heterocycles. The molecule has 12 nitrogen and oxygen atoms in total. The molecule has 3 fully saturated rings. The van der Waals surface area contributed by atoms with Crippen LogP contribution in [-0.2, 0) is 31.5 Å². The van der Waals surface area contributed by atoms with Gasteiger partial charge in [0.05, 0.1) is 11.1 Å². The van der Waals surface area contributed by atoms with Gasteiger partial charge in [0.15, 0.2) is 0 Å². The number of anilines is 4. The largest absolute Gasteiger partial charge is 0.419 e. The second-order valence-corrected chi connectivity index (χ2v) is 13.0. The molecule has 53 heavy (non-hydrogen) atoms. The van der Waals surface area contributed by atoms with Crippen molar-refractivity contribution in [2.75, 3.05) is 46.8 Å². The van der Waals surface area contributed by atoms with Crippen molar-refractivity contribution in [3.63, 3.8) is 0 Å². The summed E-state index contributed by atoms with van der Waals surface area (Å²) in [4.78, 5) is 58.8. The Hall–Kier alpha value is -5.16. The third-order valence-electron chi connectivity index (χ3n) is 9.20. The molecule has 0 radical (unpaired) electrons. The maximum Gasteiger partial charge on any atom is 0.419 e. The first-order valence-corrected chi connectivity index (χ1v) is 17.3. The summed E-state index contributed by atoms with van der Waals surface area (Å²) in [5.74, 6) is -1.67. The molecule has 6 heterocycles. The van der Waals surface area contributed by atoms with Crippen molar-refractivity contribution in [2.24, 2.45) is 11.8 Å². The predicted molar refractivity (Wildman–Crippen MR) is 183 cm³/mol. The average Bonchev–Trinajstić information content (AvgIpc) is 3.67. The van der Waals surface area contributed by atoms with Gasteiger partial charge in [-0.25, -0.2) is 9.97 Å². The van der Waals surface area contributed by atoms with E-state index in [9.17, 15) is 45.5 Å². The Bertz CT molecular complexity index is 1810. The van der Waals surface area contributed by atoms with E-state index < -0.39 is 47.1 Å². The number of amides is 4. The number of hydrogen-bond donors (Lipinski definition) is 2. The molecule has 0 spiro atoms. The summed E-state index contributed by atoms with van der Waals surface area (Å²) in [5, 5.41) is 1.49. The SMILES string of the molecule is CC.CC1=CC(=O)N(Nc2ccc(C(F)(F)F)c(N3CC4CC4C3)n2)C1=O.CC1=CC(=O)N(Nc2ccc(C(F)(F)F)c(N3CCCCCC3)n2)C1=O. The monoisotopic (exact) mass is 750 g/mol. The highest BCUT2D eigenvalue weighted by molar-refractivity contribution is 6.17. The summed E-state index contributed by atoms with van der Waals surface area (Å²) in [7, 11) is 0. The van der Waals surface area contributed by atoms with Gasteiger partial charge in [0.1, 0.15) is 23.3 Å². The molecular formula is C35H40F6N8O4. The number of nitrogens with zero attached hydrogens (tertiary/aromatic N) is 6. The minimum atomic E-state index is -4.54. The molecule has 2 N–H and O–H groups in total. The number of pyridine rings is 2. The summed E-state index contributed by atoms with van der Waals surface area (Å²) in [6.45, 7) is 9.05. The van der Waals surface area contributed by atoms with Crippen molar-refractivity contribution in [3.05, 3.63) is 58.7 Å².